The lowest BCUT2D eigenvalue weighted by atomic mass is 10.1. The van der Waals surface area contributed by atoms with Gasteiger partial charge in [0, 0.05) is 10.2 Å². The Morgan fingerprint density at radius 1 is 1.17 bits per heavy atom. The molecule has 2 aromatic carbocycles. The second-order valence-corrected chi connectivity index (χ2v) is 5.81. The number of amides is 2. The van der Waals surface area contributed by atoms with Crippen molar-refractivity contribution in [1.82, 2.24) is 10.8 Å². The summed E-state index contributed by atoms with van der Waals surface area (Å²) in [6.07, 6.45) is 0. The summed E-state index contributed by atoms with van der Waals surface area (Å²) >= 11 is 3.28. The maximum Gasteiger partial charge on any atom is 0.270 e. The molecule has 4 N–H and O–H groups in total. The maximum atomic E-state index is 13.1. The molecule has 6 nitrogen and oxygen atoms in total. The minimum Gasteiger partial charge on any atom is -0.376 e. The van der Waals surface area contributed by atoms with Crippen LogP contribution in [0.25, 0.3) is 0 Å². The number of hydrogen-bond donors (Lipinski definition) is 4. The Hall–Kier alpha value is -2.45. The fraction of sp³-hybridized carbons (Fsp3) is 0.125. The summed E-state index contributed by atoms with van der Waals surface area (Å²) in [5.74, 6) is -1.68. The summed E-state index contributed by atoms with van der Waals surface area (Å²) in [5, 5.41) is 14.1. The molecule has 2 rings (SSSR count). The average molecular weight is 396 g/mol. The molecule has 2 amide bonds. The number of hydroxylamine groups is 1. The van der Waals surface area contributed by atoms with E-state index >= 15 is 0 Å². The first kappa shape index (κ1) is 17.9. The van der Waals surface area contributed by atoms with Gasteiger partial charge in [-0.2, -0.15) is 0 Å². The lowest BCUT2D eigenvalue weighted by molar-refractivity contribution is -0.134. The van der Waals surface area contributed by atoms with Crippen LogP contribution in [0.4, 0.5) is 10.1 Å². The van der Waals surface area contributed by atoms with Crippen LogP contribution in [0.15, 0.2) is 53.0 Å². The van der Waals surface area contributed by atoms with Crippen LogP contribution in [-0.2, 0) is 9.59 Å². The standard InChI is InChI=1S/C16H15BrFN3O3/c17-11-6-4-10(5-7-11)15(16(23)21-24)20-14(22)9-19-13-3-1-2-12(18)8-13/h1-8,15,19,24H,9H2,(H,20,22)(H,21,23)/t15-/m1/s1. The Morgan fingerprint density at radius 3 is 2.50 bits per heavy atom. The third kappa shape index (κ3) is 5.04. The number of hydrogen-bond acceptors (Lipinski definition) is 4. The quantitative estimate of drug-likeness (QED) is 0.446. The monoisotopic (exact) mass is 395 g/mol. The van der Waals surface area contributed by atoms with Crippen molar-refractivity contribution in [2.45, 2.75) is 6.04 Å². The number of benzene rings is 2. The second kappa shape index (κ2) is 8.42. The molecular weight excluding hydrogens is 381 g/mol. The molecule has 0 saturated heterocycles. The maximum absolute atomic E-state index is 13.1. The molecule has 24 heavy (non-hydrogen) atoms. The predicted molar refractivity (Wildman–Crippen MR) is 89.8 cm³/mol. The van der Waals surface area contributed by atoms with E-state index in [0.29, 0.717) is 11.3 Å². The van der Waals surface area contributed by atoms with Crippen molar-refractivity contribution in [2.24, 2.45) is 0 Å². The third-order valence-electron chi connectivity index (χ3n) is 3.16. The summed E-state index contributed by atoms with van der Waals surface area (Å²) in [5.41, 5.74) is 2.47. The van der Waals surface area contributed by atoms with Gasteiger partial charge >= 0.3 is 0 Å². The highest BCUT2D eigenvalue weighted by molar-refractivity contribution is 9.10. The fourth-order valence-electron chi connectivity index (χ4n) is 2.01. The molecule has 1 atom stereocenters. The van der Waals surface area contributed by atoms with E-state index in [1.54, 1.807) is 30.3 Å². The first-order chi connectivity index (χ1) is 11.5. The minimum absolute atomic E-state index is 0.158. The first-order valence-electron chi connectivity index (χ1n) is 6.98. The SMILES string of the molecule is O=C(CNc1cccc(F)c1)N[C@@H](C(=O)NO)c1ccc(Br)cc1. The number of carbonyl (C=O) groups excluding carboxylic acids is 2. The summed E-state index contributed by atoms with van der Waals surface area (Å²) in [7, 11) is 0. The minimum atomic E-state index is -1.05. The number of halogens is 2. The molecule has 0 aliphatic rings. The topological polar surface area (TPSA) is 90.5 Å². The highest BCUT2D eigenvalue weighted by Gasteiger charge is 2.22. The Morgan fingerprint density at radius 2 is 1.88 bits per heavy atom. The first-order valence-corrected chi connectivity index (χ1v) is 7.77. The van der Waals surface area contributed by atoms with E-state index in [4.69, 9.17) is 5.21 Å². The van der Waals surface area contributed by atoms with Crippen molar-refractivity contribution in [3.8, 4) is 0 Å². The smallest absolute Gasteiger partial charge is 0.270 e. The van der Waals surface area contributed by atoms with Gasteiger partial charge in [0.05, 0.1) is 6.54 Å². The number of anilines is 1. The van der Waals surface area contributed by atoms with Crippen LogP contribution in [-0.4, -0.2) is 23.6 Å². The van der Waals surface area contributed by atoms with E-state index in [9.17, 15) is 14.0 Å². The molecule has 0 unspecified atom stereocenters. The van der Waals surface area contributed by atoms with Crippen LogP contribution in [0.1, 0.15) is 11.6 Å². The molecule has 0 bridgehead atoms. The van der Waals surface area contributed by atoms with Gasteiger partial charge in [0.2, 0.25) is 5.91 Å². The van der Waals surface area contributed by atoms with Crippen molar-refractivity contribution in [2.75, 3.05) is 11.9 Å². The Kier molecular flexibility index (Phi) is 6.28. The van der Waals surface area contributed by atoms with E-state index in [1.165, 1.54) is 23.7 Å². The lowest BCUT2D eigenvalue weighted by Crippen LogP contribution is -2.41. The van der Waals surface area contributed by atoms with Gasteiger partial charge < -0.3 is 10.6 Å². The third-order valence-corrected chi connectivity index (χ3v) is 3.69. The van der Waals surface area contributed by atoms with Gasteiger partial charge in [-0.15, -0.1) is 0 Å². The van der Waals surface area contributed by atoms with Crippen LogP contribution in [0.2, 0.25) is 0 Å². The van der Waals surface area contributed by atoms with Gasteiger partial charge in [0.25, 0.3) is 5.91 Å². The number of nitrogens with one attached hydrogen (secondary N) is 3. The average Bonchev–Trinajstić information content (AvgIpc) is 2.58. The van der Waals surface area contributed by atoms with Crippen molar-refractivity contribution >= 4 is 33.4 Å². The van der Waals surface area contributed by atoms with E-state index in [-0.39, 0.29) is 6.54 Å². The molecule has 0 fully saturated rings. The van der Waals surface area contributed by atoms with E-state index in [1.807, 2.05) is 0 Å². The zero-order valence-electron chi connectivity index (χ0n) is 12.4. The van der Waals surface area contributed by atoms with E-state index < -0.39 is 23.7 Å². The molecule has 0 aromatic heterocycles. The highest BCUT2D eigenvalue weighted by atomic mass is 79.9. The van der Waals surface area contributed by atoms with Crippen molar-refractivity contribution in [3.05, 3.63) is 64.4 Å². The van der Waals surface area contributed by atoms with Crippen molar-refractivity contribution in [1.29, 1.82) is 0 Å². The summed E-state index contributed by atoms with van der Waals surface area (Å²) in [6, 6.07) is 11.3. The molecule has 0 aliphatic carbocycles. The second-order valence-electron chi connectivity index (χ2n) is 4.89. The summed E-state index contributed by atoms with van der Waals surface area (Å²) in [4.78, 5) is 23.8. The molecule has 126 valence electrons. The van der Waals surface area contributed by atoms with Gasteiger partial charge in [-0.3, -0.25) is 14.8 Å². The number of carbonyl (C=O) groups is 2. The van der Waals surface area contributed by atoms with Gasteiger partial charge in [0.1, 0.15) is 11.9 Å². The van der Waals surface area contributed by atoms with Crippen molar-refractivity contribution in [3.63, 3.8) is 0 Å². The molecular formula is C16H15BrFN3O3. The van der Waals surface area contributed by atoms with Gasteiger partial charge in [-0.05, 0) is 35.9 Å². The zero-order chi connectivity index (χ0) is 17.5. The molecule has 0 aliphatic heterocycles. The summed E-state index contributed by atoms with van der Waals surface area (Å²) < 4.78 is 13.9. The predicted octanol–water partition coefficient (Wildman–Crippen LogP) is 2.36. The van der Waals surface area contributed by atoms with Gasteiger partial charge in [-0.1, -0.05) is 34.1 Å². The van der Waals surface area contributed by atoms with Gasteiger partial charge in [-0.25, -0.2) is 9.87 Å². The molecule has 0 saturated carbocycles. The van der Waals surface area contributed by atoms with Crippen LogP contribution in [0.3, 0.4) is 0 Å². The van der Waals surface area contributed by atoms with Crippen LogP contribution >= 0.6 is 15.9 Å². The van der Waals surface area contributed by atoms with Crippen LogP contribution in [0, 0.1) is 5.82 Å². The highest BCUT2D eigenvalue weighted by Crippen LogP contribution is 2.17. The van der Waals surface area contributed by atoms with Gasteiger partial charge in [0.15, 0.2) is 0 Å². The van der Waals surface area contributed by atoms with E-state index in [0.717, 1.165) is 4.47 Å². The van der Waals surface area contributed by atoms with Crippen LogP contribution in [0.5, 0.6) is 0 Å². The summed E-state index contributed by atoms with van der Waals surface area (Å²) in [6.45, 7) is -0.158. The lowest BCUT2D eigenvalue weighted by Gasteiger charge is -2.17. The Labute approximate surface area is 146 Å². The Bertz CT molecular complexity index is 725. The number of rotatable bonds is 6. The molecule has 0 radical (unpaired) electrons. The fourth-order valence-corrected chi connectivity index (χ4v) is 2.28. The molecule has 0 heterocycles. The molecule has 0 spiro atoms. The largest absolute Gasteiger partial charge is 0.376 e. The van der Waals surface area contributed by atoms with E-state index in [2.05, 4.69) is 26.6 Å². The zero-order valence-corrected chi connectivity index (χ0v) is 14.0. The normalized spacial score (nSPS) is 11.5. The molecule has 2 aromatic rings. The molecule has 8 heteroatoms. The van der Waals surface area contributed by atoms with Crippen molar-refractivity contribution < 1.29 is 19.2 Å². The van der Waals surface area contributed by atoms with Crippen LogP contribution < -0.4 is 16.1 Å². The Balaban J connectivity index is 2.02.